The van der Waals surface area contributed by atoms with Crippen molar-refractivity contribution in [3.8, 4) is 5.75 Å². The van der Waals surface area contributed by atoms with Crippen LogP contribution in [-0.2, 0) is 26.5 Å². The van der Waals surface area contributed by atoms with Gasteiger partial charge in [0.1, 0.15) is 5.75 Å². The van der Waals surface area contributed by atoms with Crippen molar-refractivity contribution in [2.45, 2.75) is 25.5 Å². The Morgan fingerprint density at radius 1 is 0.913 bits per heavy atom. The van der Waals surface area contributed by atoms with Crippen LogP contribution >= 0.6 is 0 Å². The molecule has 0 saturated carbocycles. The van der Waals surface area contributed by atoms with Crippen LogP contribution in [-0.4, -0.2) is 52.6 Å². The summed E-state index contributed by atoms with van der Waals surface area (Å²) in [6.07, 6.45) is 3.36. The quantitative estimate of drug-likeness (QED) is 0.237. The van der Waals surface area contributed by atoms with Crippen molar-refractivity contribution in [2.24, 2.45) is 5.92 Å². The molecule has 2 aliphatic heterocycles. The molecule has 3 amide bonds. The minimum absolute atomic E-state index is 0.0236. The Kier molecular flexibility index (Phi) is 8.70. The molecule has 0 bridgehead atoms. The maximum atomic E-state index is 14.2. The Morgan fingerprint density at radius 3 is 2.35 bits per heavy atom. The second kappa shape index (κ2) is 13.0. The number of carbonyl (C=O) groups is 3. The van der Waals surface area contributed by atoms with E-state index in [1.54, 1.807) is 66.4 Å². The lowest BCUT2D eigenvalue weighted by atomic mass is 9.82. The molecule has 234 valence electrons. The monoisotopic (exact) mass is 617 g/mol. The number of aliphatic hydroxyl groups is 2. The summed E-state index contributed by atoms with van der Waals surface area (Å²) in [6, 6.07) is 31.0. The Bertz CT molecular complexity index is 1780. The Morgan fingerprint density at radius 2 is 1.61 bits per heavy atom. The predicted molar refractivity (Wildman–Crippen MR) is 175 cm³/mol. The maximum Gasteiger partial charge on any atom is 0.269 e. The molecule has 9 nitrogen and oxygen atoms in total. The first-order chi connectivity index (χ1) is 22.3. The highest BCUT2D eigenvalue weighted by Gasteiger charge is 2.53. The Balaban J connectivity index is 1.32. The van der Waals surface area contributed by atoms with E-state index in [2.05, 4.69) is 0 Å². The van der Waals surface area contributed by atoms with E-state index in [0.29, 0.717) is 40.6 Å². The van der Waals surface area contributed by atoms with E-state index >= 15 is 0 Å². The van der Waals surface area contributed by atoms with E-state index in [-0.39, 0.29) is 38.0 Å². The molecule has 0 saturated heterocycles. The molecule has 2 N–H and O–H groups in total. The van der Waals surface area contributed by atoms with Gasteiger partial charge < -0.3 is 19.8 Å². The van der Waals surface area contributed by atoms with Crippen LogP contribution in [0.5, 0.6) is 5.75 Å². The number of para-hydroxylation sites is 3. The van der Waals surface area contributed by atoms with Crippen LogP contribution in [0.3, 0.4) is 0 Å². The van der Waals surface area contributed by atoms with Gasteiger partial charge in [-0.2, -0.15) is 0 Å². The van der Waals surface area contributed by atoms with E-state index in [1.165, 1.54) is 9.80 Å². The fourth-order valence-corrected chi connectivity index (χ4v) is 6.08. The molecule has 6 rings (SSSR count). The lowest BCUT2D eigenvalue weighted by Gasteiger charge is -2.31. The van der Waals surface area contributed by atoms with Crippen LogP contribution in [0.1, 0.15) is 24.5 Å². The lowest BCUT2D eigenvalue weighted by molar-refractivity contribution is -0.138. The summed E-state index contributed by atoms with van der Waals surface area (Å²) in [6.45, 7) is 1.97. The molecule has 4 aromatic rings. The van der Waals surface area contributed by atoms with Gasteiger partial charge in [0.2, 0.25) is 5.91 Å². The summed E-state index contributed by atoms with van der Waals surface area (Å²) < 4.78 is 5.62. The van der Waals surface area contributed by atoms with E-state index in [9.17, 15) is 24.6 Å². The van der Waals surface area contributed by atoms with Crippen LogP contribution in [0.2, 0.25) is 0 Å². The highest BCUT2D eigenvalue weighted by atomic mass is 16.5. The maximum absolute atomic E-state index is 14.2. The summed E-state index contributed by atoms with van der Waals surface area (Å²) in [5.41, 5.74) is 1.47. The summed E-state index contributed by atoms with van der Waals surface area (Å²) in [4.78, 5) is 45.1. The fourth-order valence-electron chi connectivity index (χ4n) is 6.08. The average Bonchev–Trinajstić information content (AvgIpc) is 3.31. The van der Waals surface area contributed by atoms with Gasteiger partial charge in [-0.3, -0.25) is 24.2 Å². The molecule has 0 radical (unpaired) electrons. The molecule has 0 spiro atoms. The molecule has 9 heteroatoms. The van der Waals surface area contributed by atoms with Crippen molar-refractivity contribution in [2.75, 3.05) is 29.6 Å². The first-order valence-electron chi connectivity index (χ1n) is 15.2. The number of carbonyl (C=O) groups excluding carboxylic acids is 3. The average molecular weight is 618 g/mol. The Labute approximate surface area is 267 Å². The number of anilines is 4. The van der Waals surface area contributed by atoms with Gasteiger partial charge >= 0.3 is 0 Å². The van der Waals surface area contributed by atoms with Gasteiger partial charge in [0, 0.05) is 42.4 Å². The van der Waals surface area contributed by atoms with Crippen molar-refractivity contribution in [1.29, 1.82) is 0 Å². The number of hydrogen-bond donors (Lipinski definition) is 2. The molecule has 2 heterocycles. The van der Waals surface area contributed by atoms with Gasteiger partial charge in [-0.1, -0.05) is 79.7 Å². The SMILES string of the molecule is C[C@@H](/C=C/CC(=O)N(CCO)Cc1ccccc1)[C@]1(O)C(=O)N(c2ccccc2)c2ccc(N3C(=O)COc4ccccc43)cc21. The van der Waals surface area contributed by atoms with E-state index in [0.717, 1.165) is 5.56 Å². The summed E-state index contributed by atoms with van der Waals surface area (Å²) in [5, 5.41) is 21.9. The number of fused-ring (bicyclic) bond motifs is 2. The van der Waals surface area contributed by atoms with Gasteiger partial charge in [0.05, 0.1) is 18.0 Å². The number of hydrogen-bond acceptors (Lipinski definition) is 6. The molecule has 0 fully saturated rings. The molecule has 0 unspecified atom stereocenters. The molecule has 2 aliphatic rings. The van der Waals surface area contributed by atoms with Gasteiger partial charge in [-0.25, -0.2) is 0 Å². The first-order valence-corrected chi connectivity index (χ1v) is 15.2. The molecular weight excluding hydrogens is 582 g/mol. The normalized spacial score (nSPS) is 17.9. The molecule has 46 heavy (non-hydrogen) atoms. The fraction of sp³-hybridized carbons (Fsp3) is 0.216. The molecule has 0 aromatic heterocycles. The third-order valence-electron chi connectivity index (χ3n) is 8.46. The van der Waals surface area contributed by atoms with Crippen LogP contribution in [0, 0.1) is 5.92 Å². The zero-order valence-corrected chi connectivity index (χ0v) is 25.5. The first kappa shape index (κ1) is 30.8. The van der Waals surface area contributed by atoms with Crippen molar-refractivity contribution >= 4 is 40.5 Å². The lowest BCUT2D eigenvalue weighted by Crippen LogP contribution is -2.43. The predicted octanol–water partition coefficient (Wildman–Crippen LogP) is 5.21. The van der Waals surface area contributed by atoms with Gasteiger partial charge in [0.15, 0.2) is 12.2 Å². The molecule has 2 atom stereocenters. The summed E-state index contributed by atoms with van der Waals surface area (Å²) in [5.74, 6) is -1.19. The number of amides is 3. The Hall–Kier alpha value is -5.25. The van der Waals surface area contributed by atoms with E-state index in [4.69, 9.17) is 4.74 Å². The summed E-state index contributed by atoms with van der Waals surface area (Å²) >= 11 is 0. The van der Waals surface area contributed by atoms with Crippen LogP contribution < -0.4 is 14.5 Å². The number of nitrogens with zero attached hydrogens (tertiary/aromatic N) is 3. The van der Waals surface area contributed by atoms with Crippen molar-refractivity contribution in [1.82, 2.24) is 4.90 Å². The number of benzene rings is 4. The van der Waals surface area contributed by atoms with Gasteiger partial charge in [-0.05, 0) is 48.0 Å². The highest BCUT2D eigenvalue weighted by molar-refractivity contribution is 6.13. The number of aliphatic hydroxyl groups excluding tert-OH is 1. The third-order valence-corrected chi connectivity index (χ3v) is 8.46. The second-order valence-electron chi connectivity index (χ2n) is 11.4. The van der Waals surface area contributed by atoms with Crippen LogP contribution in [0.4, 0.5) is 22.7 Å². The molecule has 0 aliphatic carbocycles. The zero-order valence-electron chi connectivity index (χ0n) is 25.5. The van der Waals surface area contributed by atoms with Crippen molar-refractivity contribution in [3.05, 3.63) is 126 Å². The minimum atomic E-state index is -2.00. The van der Waals surface area contributed by atoms with Crippen molar-refractivity contribution < 1.29 is 29.3 Å². The van der Waals surface area contributed by atoms with Gasteiger partial charge in [-0.15, -0.1) is 0 Å². The zero-order chi connectivity index (χ0) is 32.3. The smallest absolute Gasteiger partial charge is 0.269 e. The molecular formula is C37H35N3O6. The van der Waals surface area contributed by atoms with E-state index < -0.39 is 17.4 Å². The number of rotatable bonds is 10. The largest absolute Gasteiger partial charge is 0.482 e. The van der Waals surface area contributed by atoms with Gasteiger partial charge in [0.25, 0.3) is 11.8 Å². The standard InChI is InChI=1S/C37H35N3O6/c1-26(11-10-18-34(42)38(21-22-41)24-27-12-4-2-5-13-27)37(45)30-23-29(39-32-16-8-9-17-33(32)46-25-35(39)43)19-20-31(30)40(36(37)44)28-14-6-3-7-15-28/h2-17,19-20,23,26,41,45H,18,21-22,24-25H2,1H3/b11-10+/t26-,37+/m0/s1. The minimum Gasteiger partial charge on any atom is -0.482 e. The second-order valence-corrected chi connectivity index (χ2v) is 11.4. The van der Waals surface area contributed by atoms with Crippen LogP contribution in [0.15, 0.2) is 115 Å². The highest BCUT2D eigenvalue weighted by Crippen LogP contribution is 2.50. The summed E-state index contributed by atoms with van der Waals surface area (Å²) in [7, 11) is 0. The molecule has 4 aromatic carbocycles. The van der Waals surface area contributed by atoms with E-state index in [1.807, 2.05) is 60.7 Å². The van der Waals surface area contributed by atoms with Crippen LogP contribution in [0.25, 0.3) is 0 Å². The topological polar surface area (TPSA) is 111 Å². The number of ether oxygens (including phenoxy) is 1. The van der Waals surface area contributed by atoms with Crippen molar-refractivity contribution in [3.63, 3.8) is 0 Å². The third kappa shape index (κ3) is 5.66.